The predicted octanol–water partition coefficient (Wildman–Crippen LogP) is 3.53. The Kier molecular flexibility index (Phi) is 4.48. The Morgan fingerprint density at radius 1 is 1.41 bits per heavy atom. The highest BCUT2D eigenvalue weighted by atomic mass is 35.5. The minimum atomic E-state index is -4.74. The van der Waals surface area contributed by atoms with E-state index in [-0.39, 0.29) is 15.7 Å². The van der Waals surface area contributed by atoms with E-state index < -0.39 is 24.2 Å². The number of rotatable bonds is 3. The molecular formula is C12H6ClF4N3O2. The molecule has 0 aliphatic carbocycles. The van der Waals surface area contributed by atoms with E-state index in [1.165, 1.54) is 0 Å². The molecule has 0 aromatic heterocycles. The number of hydrogen-bond acceptors (Lipinski definition) is 5. The second-order valence-electron chi connectivity index (χ2n) is 3.90. The van der Waals surface area contributed by atoms with Gasteiger partial charge in [-0.15, -0.1) is 13.2 Å². The highest BCUT2D eigenvalue weighted by molar-refractivity contribution is 6.32. The molecule has 10 heteroatoms. The topological polar surface area (TPSA) is 54.3 Å². The van der Waals surface area contributed by atoms with Gasteiger partial charge in [0, 0.05) is 18.5 Å². The summed E-state index contributed by atoms with van der Waals surface area (Å²) in [5.74, 6) is -1.26. The molecule has 1 aliphatic rings. The largest absolute Gasteiger partial charge is 0.488 e. The Morgan fingerprint density at radius 2 is 2.14 bits per heavy atom. The van der Waals surface area contributed by atoms with Crippen molar-refractivity contribution in [2.45, 2.75) is 12.7 Å². The van der Waals surface area contributed by atoms with Crippen molar-refractivity contribution in [2.24, 2.45) is 9.98 Å². The maximum absolute atomic E-state index is 13.4. The molecule has 5 nitrogen and oxygen atoms in total. The third-order valence-corrected chi connectivity index (χ3v) is 2.77. The van der Waals surface area contributed by atoms with Crippen molar-refractivity contribution in [3.8, 4) is 5.75 Å². The molecule has 0 fully saturated rings. The van der Waals surface area contributed by atoms with Crippen LogP contribution in [0.4, 0.5) is 23.2 Å². The summed E-state index contributed by atoms with van der Waals surface area (Å²) < 4.78 is 56.9. The SMILES string of the molecule is O=C=Nc1cc(OC2N=CC=CN2C(F)(F)F)c(Cl)cc1F. The number of nitrogens with zero attached hydrogens (tertiary/aromatic N) is 3. The molecule has 1 unspecified atom stereocenters. The summed E-state index contributed by atoms with van der Waals surface area (Å²) in [7, 11) is 0. The first-order valence-corrected chi connectivity index (χ1v) is 5.99. The van der Waals surface area contributed by atoms with Gasteiger partial charge in [-0.05, 0) is 12.1 Å². The van der Waals surface area contributed by atoms with Gasteiger partial charge in [0.25, 0.3) is 6.35 Å². The van der Waals surface area contributed by atoms with E-state index in [0.29, 0.717) is 0 Å². The first-order valence-electron chi connectivity index (χ1n) is 5.61. The van der Waals surface area contributed by atoms with Crippen molar-refractivity contribution >= 4 is 29.6 Å². The molecule has 0 N–H and O–H groups in total. The average molecular weight is 336 g/mol. The van der Waals surface area contributed by atoms with Crippen molar-refractivity contribution in [3.05, 3.63) is 35.2 Å². The van der Waals surface area contributed by atoms with E-state index >= 15 is 0 Å². The van der Waals surface area contributed by atoms with Crippen molar-refractivity contribution in [1.29, 1.82) is 0 Å². The second-order valence-corrected chi connectivity index (χ2v) is 4.30. The van der Waals surface area contributed by atoms with E-state index in [1.54, 1.807) is 0 Å². The number of allylic oxidation sites excluding steroid dienone is 1. The van der Waals surface area contributed by atoms with E-state index in [9.17, 15) is 22.4 Å². The number of hydrogen-bond donors (Lipinski definition) is 0. The standard InChI is InChI=1S/C12H6ClF4N3O2/c13-7-4-8(14)9(19-6-21)5-10(7)22-11-18-2-1-3-20(11)12(15,16)17/h1-5,11H. The van der Waals surface area contributed by atoms with Crippen LogP contribution in [0.1, 0.15) is 0 Å². The van der Waals surface area contributed by atoms with Gasteiger partial charge in [0.05, 0.1) is 5.02 Å². The monoisotopic (exact) mass is 335 g/mol. The zero-order valence-electron chi connectivity index (χ0n) is 10.5. The van der Waals surface area contributed by atoms with Crippen LogP contribution in [0.25, 0.3) is 0 Å². The summed E-state index contributed by atoms with van der Waals surface area (Å²) in [6, 6.07) is 1.64. The predicted molar refractivity (Wildman–Crippen MR) is 69.1 cm³/mol. The Morgan fingerprint density at radius 3 is 2.77 bits per heavy atom. The lowest BCUT2D eigenvalue weighted by Gasteiger charge is -2.30. The van der Waals surface area contributed by atoms with Crippen molar-refractivity contribution in [1.82, 2.24) is 4.90 Å². The number of alkyl halides is 3. The lowest BCUT2D eigenvalue weighted by molar-refractivity contribution is -0.259. The number of aliphatic imine (C=N–C) groups is 2. The Labute approximate surface area is 126 Å². The summed E-state index contributed by atoms with van der Waals surface area (Å²) in [6.07, 6.45) is -2.51. The van der Waals surface area contributed by atoms with Crippen LogP contribution in [0, 0.1) is 5.82 Å². The number of isocyanates is 1. The van der Waals surface area contributed by atoms with Gasteiger partial charge in [0.2, 0.25) is 6.08 Å². The number of ether oxygens (including phenoxy) is 1. The quantitative estimate of drug-likeness (QED) is 0.367. The summed E-state index contributed by atoms with van der Waals surface area (Å²) in [5.41, 5.74) is -0.469. The molecule has 0 radical (unpaired) electrons. The molecular weight excluding hydrogens is 330 g/mol. The van der Waals surface area contributed by atoms with Crippen LogP contribution in [-0.4, -0.2) is 29.8 Å². The molecule has 116 valence electrons. The van der Waals surface area contributed by atoms with Crippen LogP contribution in [-0.2, 0) is 4.79 Å². The fourth-order valence-corrected chi connectivity index (χ4v) is 1.75. The highest BCUT2D eigenvalue weighted by Crippen LogP contribution is 2.34. The summed E-state index contributed by atoms with van der Waals surface area (Å²) in [6.45, 7) is 0. The van der Waals surface area contributed by atoms with Gasteiger partial charge in [0.15, 0.2) is 5.82 Å². The fraction of sp³-hybridized carbons (Fsp3) is 0.167. The van der Waals surface area contributed by atoms with Crippen LogP contribution >= 0.6 is 11.6 Å². The maximum atomic E-state index is 13.4. The van der Waals surface area contributed by atoms with Crippen LogP contribution in [0.3, 0.4) is 0 Å². The lowest BCUT2D eigenvalue weighted by Crippen LogP contribution is -2.45. The molecule has 0 saturated carbocycles. The van der Waals surface area contributed by atoms with E-state index in [0.717, 1.165) is 36.7 Å². The van der Waals surface area contributed by atoms with Crippen molar-refractivity contribution in [3.63, 3.8) is 0 Å². The minimum absolute atomic E-state index is 0.116. The molecule has 1 aromatic rings. The Bertz CT molecular complexity index is 684. The zero-order valence-corrected chi connectivity index (χ0v) is 11.3. The first kappa shape index (κ1) is 16.0. The molecule has 2 rings (SSSR count). The van der Waals surface area contributed by atoms with Gasteiger partial charge in [-0.2, -0.15) is 4.99 Å². The van der Waals surface area contributed by atoms with Gasteiger partial charge in [-0.3, -0.25) is 0 Å². The van der Waals surface area contributed by atoms with Crippen LogP contribution in [0.15, 0.2) is 34.4 Å². The maximum Gasteiger partial charge on any atom is 0.488 e. The Balaban J connectivity index is 2.33. The average Bonchev–Trinajstić information content (AvgIpc) is 2.43. The number of carbonyl (C=O) groups excluding carboxylic acids is 1. The van der Waals surface area contributed by atoms with Crippen LogP contribution in [0.5, 0.6) is 5.75 Å². The third-order valence-electron chi connectivity index (χ3n) is 2.48. The van der Waals surface area contributed by atoms with Gasteiger partial charge in [-0.1, -0.05) is 11.6 Å². The summed E-state index contributed by atoms with van der Waals surface area (Å²) >= 11 is 5.71. The number of halogens is 5. The van der Waals surface area contributed by atoms with E-state index in [4.69, 9.17) is 16.3 Å². The third kappa shape index (κ3) is 3.44. The zero-order chi connectivity index (χ0) is 16.3. The fourth-order valence-electron chi connectivity index (χ4n) is 1.55. The van der Waals surface area contributed by atoms with E-state index in [2.05, 4.69) is 9.98 Å². The first-order chi connectivity index (χ1) is 10.3. The van der Waals surface area contributed by atoms with Crippen molar-refractivity contribution < 1.29 is 27.1 Å². The summed E-state index contributed by atoms with van der Waals surface area (Å²) in [5, 5.41) is -0.297. The lowest BCUT2D eigenvalue weighted by atomic mass is 10.3. The molecule has 0 spiro atoms. The molecule has 0 bridgehead atoms. The molecule has 1 atom stereocenters. The van der Waals surface area contributed by atoms with Crippen LogP contribution in [0.2, 0.25) is 5.02 Å². The molecule has 1 aliphatic heterocycles. The van der Waals surface area contributed by atoms with Gasteiger partial charge in [-0.25, -0.2) is 19.1 Å². The van der Waals surface area contributed by atoms with Gasteiger partial charge in [0.1, 0.15) is 11.4 Å². The highest BCUT2D eigenvalue weighted by Gasteiger charge is 2.41. The number of benzene rings is 1. The normalized spacial score (nSPS) is 17.3. The smallest absolute Gasteiger partial charge is 0.449 e. The summed E-state index contributed by atoms with van der Waals surface area (Å²) in [4.78, 5) is 16.6. The molecule has 0 amide bonds. The molecule has 1 heterocycles. The minimum Gasteiger partial charge on any atom is -0.449 e. The molecule has 0 saturated heterocycles. The van der Waals surface area contributed by atoms with Crippen molar-refractivity contribution in [2.75, 3.05) is 0 Å². The Hall–Kier alpha value is -2.38. The van der Waals surface area contributed by atoms with Gasteiger partial charge < -0.3 is 4.74 Å². The van der Waals surface area contributed by atoms with Gasteiger partial charge >= 0.3 is 6.30 Å². The molecule has 1 aromatic carbocycles. The molecule has 22 heavy (non-hydrogen) atoms. The second kappa shape index (κ2) is 6.17. The van der Waals surface area contributed by atoms with Crippen LogP contribution < -0.4 is 4.74 Å². The van der Waals surface area contributed by atoms with E-state index in [1.807, 2.05) is 0 Å².